The van der Waals surface area contributed by atoms with E-state index in [1.165, 1.54) is 6.92 Å². The van der Waals surface area contributed by atoms with Crippen molar-refractivity contribution < 1.29 is 23.4 Å². The molecule has 0 radical (unpaired) electrons. The summed E-state index contributed by atoms with van der Waals surface area (Å²) < 4.78 is 32.1. The number of ether oxygens (including phenoxy) is 1. The molecule has 5 heteroatoms. The summed E-state index contributed by atoms with van der Waals surface area (Å²) in [6, 6.07) is 0. The topological polar surface area (TPSA) is 46.5 Å². The van der Waals surface area contributed by atoms with Crippen molar-refractivity contribution in [2.75, 3.05) is 6.61 Å². The lowest BCUT2D eigenvalue weighted by Crippen LogP contribution is -2.55. The Morgan fingerprint density at radius 1 is 1.39 bits per heavy atom. The number of hydrogen-bond donors (Lipinski definition) is 1. The first-order chi connectivity index (χ1) is 8.37. The molecule has 1 fully saturated rings. The van der Waals surface area contributed by atoms with E-state index in [9.17, 15) is 18.7 Å². The Morgan fingerprint density at radius 2 is 1.94 bits per heavy atom. The fraction of sp³-hybridized carbons (Fsp3) is 0.923. The summed E-state index contributed by atoms with van der Waals surface area (Å²) in [7, 11) is 0. The molecule has 0 amide bonds. The van der Waals surface area contributed by atoms with Crippen molar-refractivity contribution in [1.82, 2.24) is 0 Å². The monoisotopic (exact) mass is 264 g/mol. The van der Waals surface area contributed by atoms with Gasteiger partial charge in [-0.2, -0.15) is 8.78 Å². The van der Waals surface area contributed by atoms with Gasteiger partial charge < -0.3 is 9.84 Å². The Bertz CT molecular complexity index is 284. The maximum absolute atomic E-state index is 13.9. The number of rotatable bonds is 5. The molecule has 1 N–H and O–H groups in total. The van der Waals surface area contributed by atoms with Crippen LogP contribution in [-0.4, -0.2) is 29.2 Å². The third kappa shape index (κ3) is 2.99. The standard InChI is InChI=1S/C13H22F2O3/c1-3-5-10-6-8-12(17,9-7-10)13(14,15)11(16)18-4-2/h10,17H,3-9H2,1-2H3. The minimum absolute atomic E-state index is 0.0382. The van der Waals surface area contributed by atoms with Crippen LogP contribution in [0.15, 0.2) is 0 Å². The molecule has 106 valence electrons. The number of aliphatic hydroxyl groups is 1. The van der Waals surface area contributed by atoms with Crippen molar-refractivity contribution in [3.63, 3.8) is 0 Å². The molecule has 1 aliphatic rings. The summed E-state index contributed by atoms with van der Waals surface area (Å²) in [6.45, 7) is 3.41. The molecule has 0 aliphatic heterocycles. The van der Waals surface area contributed by atoms with Crippen LogP contribution in [0.2, 0.25) is 0 Å². The SMILES string of the molecule is CCCC1CCC(O)(C(F)(F)C(=O)OCC)CC1. The van der Waals surface area contributed by atoms with Gasteiger partial charge in [0.15, 0.2) is 0 Å². The van der Waals surface area contributed by atoms with Crippen LogP contribution in [-0.2, 0) is 9.53 Å². The molecule has 0 bridgehead atoms. The molecular formula is C13H22F2O3. The van der Waals surface area contributed by atoms with Crippen LogP contribution in [0.5, 0.6) is 0 Å². The molecule has 1 saturated carbocycles. The lowest BCUT2D eigenvalue weighted by molar-refractivity contribution is -0.222. The first kappa shape index (κ1) is 15.3. The zero-order chi connectivity index (χ0) is 13.8. The predicted octanol–water partition coefficient (Wildman–Crippen LogP) is 2.91. The van der Waals surface area contributed by atoms with Gasteiger partial charge in [-0.05, 0) is 38.5 Å². The lowest BCUT2D eigenvalue weighted by Gasteiger charge is -2.39. The third-order valence-corrected chi connectivity index (χ3v) is 3.75. The summed E-state index contributed by atoms with van der Waals surface area (Å²) >= 11 is 0. The molecular weight excluding hydrogens is 242 g/mol. The van der Waals surface area contributed by atoms with Gasteiger partial charge in [0, 0.05) is 0 Å². The summed E-state index contributed by atoms with van der Waals surface area (Å²) in [4.78, 5) is 11.2. The highest BCUT2D eigenvalue weighted by Gasteiger charge is 2.60. The second-order valence-electron chi connectivity index (χ2n) is 5.06. The summed E-state index contributed by atoms with van der Waals surface area (Å²) in [5, 5.41) is 10.0. The number of carbonyl (C=O) groups excluding carboxylic acids is 1. The maximum Gasteiger partial charge on any atom is 0.380 e. The van der Waals surface area contributed by atoms with E-state index in [4.69, 9.17) is 0 Å². The molecule has 1 aliphatic carbocycles. The van der Waals surface area contributed by atoms with Gasteiger partial charge in [-0.25, -0.2) is 4.79 Å². The van der Waals surface area contributed by atoms with Gasteiger partial charge in [0.05, 0.1) is 6.61 Å². The minimum Gasteiger partial charge on any atom is -0.461 e. The van der Waals surface area contributed by atoms with Crippen molar-refractivity contribution >= 4 is 5.97 Å². The molecule has 0 unspecified atom stereocenters. The summed E-state index contributed by atoms with van der Waals surface area (Å²) in [6.07, 6.45) is 3.00. The Labute approximate surface area is 107 Å². The number of carbonyl (C=O) groups is 1. The maximum atomic E-state index is 13.9. The third-order valence-electron chi connectivity index (χ3n) is 3.75. The number of alkyl halides is 2. The van der Waals surface area contributed by atoms with Crippen LogP contribution < -0.4 is 0 Å². The molecule has 0 spiro atoms. The number of halogens is 2. The second-order valence-corrected chi connectivity index (χ2v) is 5.06. The molecule has 3 nitrogen and oxygen atoms in total. The minimum atomic E-state index is -3.81. The highest BCUT2D eigenvalue weighted by molar-refractivity contribution is 5.79. The smallest absolute Gasteiger partial charge is 0.380 e. The number of esters is 1. The van der Waals surface area contributed by atoms with E-state index in [1.807, 2.05) is 6.92 Å². The molecule has 0 heterocycles. The fourth-order valence-corrected chi connectivity index (χ4v) is 2.58. The highest BCUT2D eigenvalue weighted by Crippen LogP contribution is 2.43. The van der Waals surface area contributed by atoms with Crippen molar-refractivity contribution in [3.05, 3.63) is 0 Å². The van der Waals surface area contributed by atoms with Crippen LogP contribution in [0, 0.1) is 5.92 Å². The van der Waals surface area contributed by atoms with E-state index in [0.29, 0.717) is 18.8 Å². The van der Waals surface area contributed by atoms with Gasteiger partial charge in [-0.3, -0.25) is 0 Å². The molecule has 0 atom stereocenters. The van der Waals surface area contributed by atoms with E-state index in [0.717, 1.165) is 12.8 Å². The van der Waals surface area contributed by atoms with Crippen LogP contribution in [0.25, 0.3) is 0 Å². The van der Waals surface area contributed by atoms with Crippen molar-refractivity contribution in [1.29, 1.82) is 0 Å². The van der Waals surface area contributed by atoms with E-state index < -0.39 is 17.5 Å². The van der Waals surface area contributed by atoms with Gasteiger partial charge >= 0.3 is 11.9 Å². The Kier molecular flexibility index (Phi) is 5.08. The van der Waals surface area contributed by atoms with Gasteiger partial charge in [0.25, 0.3) is 0 Å². The largest absolute Gasteiger partial charge is 0.461 e. The van der Waals surface area contributed by atoms with Crippen LogP contribution in [0.4, 0.5) is 8.78 Å². The average Bonchev–Trinajstić information content (AvgIpc) is 2.32. The fourth-order valence-electron chi connectivity index (χ4n) is 2.58. The molecule has 1 rings (SSSR count). The van der Waals surface area contributed by atoms with Crippen molar-refractivity contribution in [2.24, 2.45) is 5.92 Å². The zero-order valence-electron chi connectivity index (χ0n) is 11.0. The van der Waals surface area contributed by atoms with Crippen LogP contribution in [0.3, 0.4) is 0 Å². The first-order valence-corrected chi connectivity index (χ1v) is 6.64. The molecule has 0 saturated heterocycles. The van der Waals surface area contributed by atoms with Gasteiger partial charge in [-0.15, -0.1) is 0 Å². The molecule has 0 aromatic heterocycles. The quantitative estimate of drug-likeness (QED) is 0.777. The van der Waals surface area contributed by atoms with Crippen LogP contribution in [0.1, 0.15) is 52.4 Å². The number of hydrogen-bond acceptors (Lipinski definition) is 3. The normalized spacial score (nSPS) is 29.1. The average molecular weight is 264 g/mol. The van der Waals surface area contributed by atoms with Crippen LogP contribution >= 0.6 is 0 Å². The molecule has 0 aromatic rings. The Balaban J connectivity index is 2.67. The van der Waals surface area contributed by atoms with E-state index in [2.05, 4.69) is 4.74 Å². The zero-order valence-corrected chi connectivity index (χ0v) is 11.0. The van der Waals surface area contributed by atoms with Crippen molar-refractivity contribution in [3.8, 4) is 0 Å². The second kappa shape index (κ2) is 5.95. The van der Waals surface area contributed by atoms with E-state index in [-0.39, 0.29) is 19.4 Å². The van der Waals surface area contributed by atoms with Gasteiger partial charge in [0.1, 0.15) is 5.60 Å². The molecule has 18 heavy (non-hydrogen) atoms. The van der Waals surface area contributed by atoms with Crippen molar-refractivity contribution in [2.45, 2.75) is 63.9 Å². The highest BCUT2D eigenvalue weighted by atomic mass is 19.3. The van der Waals surface area contributed by atoms with E-state index >= 15 is 0 Å². The van der Waals surface area contributed by atoms with E-state index in [1.54, 1.807) is 0 Å². The van der Waals surface area contributed by atoms with Gasteiger partial charge in [-0.1, -0.05) is 19.8 Å². The predicted molar refractivity (Wildman–Crippen MR) is 63.4 cm³/mol. The molecule has 0 aromatic carbocycles. The Hall–Kier alpha value is -0.710. The summed E-state index contributed by atoms with van der Waals surface area (Å²) in [5.41, 5.74) is -2.23. The lowest BCUT2D eigenvalue weighted by atomic mass is 9.74. The van der Waals surface area contributed by atoms with Gasteiger partial charge in [0.2, 0.25) is 0 Å². The first-order valence-electron chi connectivity index (χ1n) is 6.64. The Morgan fingerprint density at radius 3 is 2.39 bits per heavy atom. The summed E-state index contributed by atoms with van der Waals surface area (Å²) in [5.74, 6) is -5.03.